The Bertz CT molecular complexity index is 1010. The highest BCUT2D eigenvalue weighted by Gasteiger charge is 2.23. The number of hydrogen-bond acceptors (Lipinski definition) is 5. The third-order valence-corrected chi connectivity index (χ3v) is 6.25. The van der Waals surface area contributed by atoms with Crippen LogP contribution < -0.4 is 9.47 Å². The Kier molecular flexibility index (Phi) is 12.6. The minimum absolute atomic E-state index is 0.293. The highest BCUT2D eigenvalue weighted by Crippen LogP contribution is 2.45. The quantitative estimate of drug-likeness (QED) is 0.150. The number of hydrogen-bond donors (Lipinski definition) is 0. The molecule has 0 N–H and O–H groups in total. The molecule has 184 valence electrons. The SMILES string of the molecule is CCCCC#CC(SC(C#CCCCC)c1ccccc1OC(C)=O)c1ccccc1OC(C)=O. The third kappa shape index (κ3) is 9.93. The number of thioether (sulfide) groups is 1. The molecule has 2 aromatic carbocycles. The van der Waals surface area contributed by atoms with Crippen molar-refractivity contribution in [3.63, 3.8) is 0 Å². The molecule has 0 amide bonds. The number of para-hydroxylation sites is 2. The standard InChI is InChI=1S/C30H34O4S/c1-5-7-9-11-21-29(25-17-13-15-19-27(25)33-23(3)31)35-30(22-12-10-8-6-2)26-18-14-16-20-28(26)34-24(4)32/h13-20,29-30H,5-10H2,1-4H3. The smallest absolute Gasteiger partial charge is 0.308 e. The molecular formula is C30H34O4S. The van der Waals surface area contributed by atoms with Crippen molar-refractivity contribution in [2.24, 2.45) is 0 Å². The lowest BCUT2D eigenvalue weighted by Gasteiger charge is -2.20. The lowest BCUT2D eigenvalue weighted by Crippen LogP contribution is -2.08. The maximum Gasteiger partial charge on any atom is 0.308 e. The van der Waals surface area contributed by atoms with E-state index in [0.29, 0.717) is 11.5 Å². The average molecular weight is 491 g/mol. The predicted molar refractivity (Wildman–Crippen MR) is 143 cm³/mol. The largest absolute Gasteiger partial charge is 0.426 e. The summed E-state index contributed by atoms with van der Waals surface area (Å²) in [4.78, 5) is 23.5. The van der Waals surface area contributed by atoms with E-state index in [1.54, 1.807) is 23.9 Å². The van der Waals surface area contributed by atoms with Gasteiger partial charge in [0.25, 0.3) is 0 Å². The molecule has 0 bridgehead atoms. The number of unbranched alkanes of at least 4 members (excludes halogenated alkanes) is 4. The van der Waals surface area contributed by atoms with Gasteiger partial charge in [0.15, 0.2) is 0 Å². The minimum Gasteiger partial charge on any atom is -0.426 e. The van der Waals surface area contributed by atoms with Gasteiger partial charge in [-0.1, -0.05) is 74.9 Å². The summed E-state index contributed by atoms with van der Waals surface area (Å²) in [5.41, 5.74) is 1.64. The van der Waals surface area contributed by atoms with Crippen LogP contribution in [-0.2, 0) is 9.59 Å². The van der Waals surface area contributed by atoms with E-state index in [0.717, 1.165) is 49.7 Å². The highest BCUT2D eigenvalue weighted by atomic mass is 32.2. The molecule has 0 aromatic heterocycles. The second kappa shape index (κ2) is 15.7. The summed E-state index contributed by atoms with van der Waals surface area (Å²) in [6.45, 7) is 7.06. The van der Waals surface area contributed by atoms with Crippen molar-refractivity contribution in [1.29, 1.82) is 0 Å². The van der Waals surface area contributed by atoms with E-state index in [2.05, 4.69) is 37.5 Å². The number of esters is 2. The minimum atomic E-state index is -0.378. The molecule has 0 heterocycles. The lowest BCUT2D eigenvalue weighted by molar-refractivity contribution is -0.132. The maximum absolute atomic E-state index is 11.7. The van der Waals surface area contributed by atoms with E-state index in [-0.39, 0.29) is 22.4 Å². The van der Waals surface area contributed by atoms with Gasteiger partial charge in [-0.2, -0.15) is 0 Å². The molecule has 2 atom stereocenters. The Morgan fingerprint density at radius 1 is 0.743 bits per heavy atom. The molecular weight excluding hydrogens is 456 g/mol. The second-order valence-corrected chi connectivity index (χ2v) is 9.22. The average Bonchev–Trinajstić information content (AvgIpc) is 2.83. The molecule has 0 saturated carbocycles. The summed E-state index contributed by atoms with van der Waals surface area (Å²) >= 11 is 1.56. The van der Waals surface area contributed by atoms with Crippen molar-refractivity contribution in [3.05, 3.63) is 59.7 Å². The van der Waals surface area contributed by atoms with Crippen molar-refractivity contribution in [2.75, 3.05) is 0 Å². The van der Waals surface area contributed by atoms with Crippen molar-refractivity contribution in [2.45, 2.75) is 76.7 Å². The molecule has 0 saturated heterocycles. The first kappa shape index (κ1) is 28.1. The van der Waals surface area contributed by atoms with Gasteiger partial charge in [-0.25, -0.2) is 0 Å². The third-order valence-electron chi connectivity index (χ3n) is 4.96. The van der Waals surface area contributed by atoms with Gasteiger partial charge in [0.2, 0.25) is 0 Å². The van der Waals surface area contributed by atoms with E-state index >= 15 is 0 Å². The summed E-state index contributed by atoms with van der Waals surface area (Å²) in [6.07, 6.45) is 5.76. The Morgan fingerprint density at radius 3 is 1.51 bits per heavy atom. The van der Waals surface area contributed by atoms with Gasteiger partial charge in [-0.15, -0.1) is 23.6 Å². The summed E-state index contributed by atoms with van der Waals surface area (Å²) in [5, 5.41) is -0.587. The first-order chi connectivity index (χ1) is 17.0. The van der Waals surface area contributed by atoms with Crippen LogP contribution in [0, 0.1) is 23.7 Å². The van der Waals surface area contributed by atoms with Crippen LogP contribution in [0.15, 0.2) is 48.5 Å². The number of ether oxygens (including phenoxy) is 2. The fourth-order valence-corrected chi connectivity index (χ4v) is 4.51. The molecule has 4 nitrogen and oxygen atoms in total. The number of carbonyl (C=O) groups is 2. The monoisotopic (exact) mass is 490 g/mol. The Hall–Kier alpha value is -3.15. The van der Waals surface area contributed by atoms with Gasteiger partial charge < -0.3 is 9.47 Å². The molecule has 2 rings (SSSR count). The van der Waals surface area contributed by atoms with Crippen molar-refractivity contribution in [3.8, 4) is 35.2 Å². The highest BCUT2D eigenvalue weighted by molar-refractivity contribution is 8.00. The van der Waals surface area contributed by atoms with Crippen LogP contribution in [0.5, 0.6) is 11.5 Å². The van der Waals surface area contributed by atoms with E-state index in [9.17, 15) is 9.59 Å². The van der Waals surface area contributed by atoms with E-state index in [4.69, 9.17) is 9.47 Å². The molecule has 0 radical (unpaired) electrons. The lowest BCUT2D eigenvalue weighted by atomic mass is 10.1. The van der Waals surface area contributed by atoms with Crippen LogP contribution in [0.3, 0.4) is 0 Å². The second-order valence-electron chi connectivity index (χ2n) is 8.01. The number of carbonyl (C=O) groups excluding carboxylic acids is 2. The molecule has 2 aromatic rings. The van der Waals surface area contributed by atoms with Crippen LogP contribution in [0.4, 0.5) is 0 Å². The summed E-state index contributed by atoms with van der Waals surface area (Å²) in [5.74, 6) is 13.6. The maximum atomic E-state index is 11.7. The van der Waals surface area contributed by atoms with Gasteiger partial charge in [-0.05, 0) is 25.0 Å². The summed E-state index contributed by atoms with van der Waals surface area (Å²) in [6, 6.07) is 14.9. The fraction of sp³-hybridized carbons (Fsp3) is 0.400. The van der Waals surface area contributed by atoms with E-state index in [1.165, 1.54) is 13.8 Å². The van der Waals surface area contributed by atoms with Gasteiger partial charge >= 0.3 is 11.9 Å². The topological polar surface area (TPSA) is 52.6 Å². The molecule has 0 spiro atoms. The van der Waals surface area contributed by atoms with Gasteiger partial charge in [0.1, 0.15) is 11.5 Å². The zero-order valence-corrected chi connectivity index (χ0v) is 21.9. The molecule has 0 aliphatic heterocycles. The van der Waals surface area contributed by atoms with Gasteiger partial charge in [0.05, 0.1) is 10.5 Å². The number of benzene rings is 2. The van der Waals surface area contributed by atoms with Crippen LogP contribution in [-0.4, -0.2) is 11.9 Å². The molecule has 35 heavy (non-hydrogen) atoms. The normalized spacial score (nSPS) is 11.8. The Labute approximate surface area is 214 Å². The number of rotatable bonds is 10. The van der Waals surface area contributed by atoms with E-state index in [1.807, 2.05) is 36.4 Å². The zero-order valence-electron chi connectivity index (χ0n) is 21.1. The van der Waals surface area contributed by atoms with Crippen molar-refractivity contribution >= 4 is 23.7 Å². The van der Waals surface area contributed by atoms with E-state index < -0.39 is 0 Å². The summed E-state index contributed by atoms with van der Waals surface area (Å²) < 4.78 is 11.0. The van der Waals surface area contributed by atoms with Crippen molar-refractivity contribution in [1.82, 2.24) is 0 Å². The molecule has 0 aliphatic rings. The first-order valence-corrected chi connectivity index (χ1v) is 13.1. The van der Waals surface area contributed by atoms with Crippen LogP contribution >= 0.6 is 11.8 Å². The van der Waals surface area contributed by atoms with Gasteiger partial charge in [0, 0.05) is 37.8 Å². The first-order valence-electron chi connectivity index (χ1n) is 12.1. The van der Waals surface area contributed by atoms with Gasteiger partial charge in [-0.3, -0.25) is 9.59 Å². The fourth-order valence-electron chi connectivity index (χ4n) is 3.26. The molecule has 0 fully saturated rings. The summed E-state index contributed by atoms with van der Waals surface area (Å²) in [7, 11) is 0. The molecule has 0 aliphatic carbocycles. The van der Waals surface area contributed by atoms with Crippen molar-refractivity contribution < 1.29 is 19.1 Å². The van der Waals surface area contributed by atoms with Crippen LogP contribution in [0.1, 0.15) is 87.8 Å². The predicted octanol–water partition coefficient (Wildman–Crippen LogP) is 7.44. The van der Waals surface area contributed by atoms with Crippen LogP contribution in [0.25, 0.3) is 0 Å². The Morgan fingerprint density at radius 2 is 1.14 bits per heavy atom. The zero-order chi connectivity index (χ0) is 25.5. The molecule has 5 heteroatoms. The Balaban J connectivity index is 2.53. The molecule has 2 unspecified atom stereocenters. The van der Waals surface area contributed by atoms with Crippen LogP contribution in [0.2, 0.25) is 0 Å².